The summed E-state index contributed by atoms with van der Waals surface area (Å²) >= 11 is 1.34. The van der Waals surface area contributed by atoms with Crippen molar-refractivity contribution in [2.45, 2.75) is 31.5 Å². The third kappa shape index (κ3) is 4.58. The Labute approximate surface area is 145 Å². The van der Waals surface area contributed by atoms with Crippen molar-refractivity contribution in [1.29, 1.82) is 0 Å². The molecule has 0 radical (unpaired) electrons. The number of thioether (sulfide) groups is 1. The molecule has 0 atom stereocenters. The van der Waals surface area contributed by atoms with E-state index in [9.17, 15) is 9.59 Å². The SMILES string of the molecule is CCn1c(CCC(N)=O)nnc1SCC(=O)N(C)c1ccccc1. The number of carbonyl (C=O) groups is 2. The third-order valence-electron chi connectivity index (χ3n) is 3.55. The maximum Gasteiger partial charge on any atom is 0.237 e. The zero-order valence-electron chi connectivity index (χ0n) is 13.8. The predicted molar refractivity (Wildman–Crippen MR) is 93.8 cm³/mol. The van der Waals surface area contributed by atoms with Crippen molar-refractivity contribution >= 4 is 29.3 Å². The summed E-state index contributed by atoms with van der Waals surface area (Å²) in [4.78, 5) is 24.9. The molecule has 2 rings (SSSR count). The van der Waals surface area contributed by atoms with Crippen LogP contribution in [0.4, 0.5) is 5.69 Å². The number of carbonyl (C=O) groups excluding carboxylic acids is 2. The van der Waals surface area contributed by atoms with Crippen molar-refractivity contribution in [3.8, 4) is 0 Å². The molecule has 0 aliphatic carbocycles. The lowest BCUT2D eigenvalue weighted by atomic mass is 10.3. The molecule has 0 bridgehead atoms. The van der Waals surface area contributed by atoms with E-state index in [0.717, 1.165) is 5.69 Å². The topological polar surface area (TPSA) is 94.1 Å². The van der Waals surface area contributed by atoms with Gasteiger partial charge in [0.15, 0.2) is 5.16 Å². The molecule has 128 valence electrons. The number of amides is 2. The van der Waals surface area contributed by atoms with Gasteiger partial charge in [-0.3, -0.25) is 9.59 Å². The van der Waals surface area contributed by atoms with E-state index in [1.54, 1.807) is 11.9 Å². The van der Waals surface area contributed by atoms with Gasteiger partial charge in [-0.05, 0) is 19.1 Å². The number of hydrogen-bond donors (Lipinski definition) is 1. The molecular weight excluding hydrogens is 326 g/mol. The Hall–Kier alpha value is -2.35. The Morgan fingerprint density at radius 2 is 1.96 bits per heavy atom. The second-order valence-electron chi connectivity index (χ2n) is 5.19. The quantitative estimate of drug-likeness (QED) is 0.730. The molecule has 0 saturated carbocycles. The minimum absolute atomic E-state index is 0.0180. The van der Waals surface area contributed by atoms with Gasteiger partial charge in [0.25, 0.3) is 0 Å². The number of rotatable bonds is 8. The maximum atomic E-state index is 12.3. The molecule has 0 fully saturated rings. The molecule has 7 nitrogen and oxygen atoms in total. The minimum atomic E-state index is -0.366. The first-order chi connectivity index (χ1) is 11.5. The van der Waals surface area contributed by atoms with Crippen molar-refractivity contribution in [3.63, 3.8) is 0 Å². The zero-order chi connectivity index (χ0) is 17.5. The number of primary amides is 1. The second-order valence-corrected chi connectivity index (χ2v) is 6.13. The lowest BCUT2D eigenvalue weighted by Gasteiger charge is -2.16. The summed E-state index contributed by atoms with van der Waals surface area (Å²) in [6.07, 6.45) is 0.688. The first kappa shape index (κ1) is 18.0. The molecule has 1 aromatic carbocycles. The number of aryl methyl sites for hydroxylation is 1. The largest absolute Gasteiger partial charge is 0.370 e. The number of nitrogens with two attached hydrogens (primary N) is 1. The van der Waals surface area contributed by atoms with E-state index in [4.69, 9.17) is 5.73 Å². The number of para-hydroxylation sites is 1. The number of aromatic nitrogens is 3. The monoisotopic (exact) mass is 347 g/mol. The van der Waals surface area contributed by atoms with Crippen LogP contribution >= 0.6 is 11.8 Å². The summed E-state index contributed by atoms with van der Waals surface area (Å²) in [5.74, 6) is 0.590. The highest BCUT2D eigenvalue weighted by Crippen LogP contribution is 2.20. The lowest BCUT2D eigenvalue weighted by molar-refractivity contribution is -0.118. The Morgan fingerprint density at radius 1 is 1.25 bits per heavy atom. The van der Waals surface area contributed by atoms with E-state index in [1.807, 2.05) is 41.8 Å². The molecule has 0 aliphatic heterocycles. The average Bonchev–Trinajstić information content (AvgIpc) is 2.99. The Bertz CT molecular complexity index is 702. The highest BCUT2D eigenvalue weighted by atomic mass is 32.2. The van der Waals surface area contributed by atoms with Crippen LogP contribution in [0.3, 0.4) is 0 Å². The fourth-order valence-corrected chi connectivity index (χ4v) is 3.12. The van der Waals surface area contributed by atoms with E-state index in [0.29, 0.717) is 23.9 Å². The molecule has 0 saturated heterocycles. The van der Waals surface area contributed by atoms with Gasteiger partial charge in [0.05, 0.1) is 5.75 Å². The third-order valence-corrected chi connectivity index (χ3v) is 4.50. The van der Waals surface area contributed by atoms with E-state index >= 15 is 0 Å². The molecule has 2 N–H and O–H groups in total. The first-order valence-electron chi connectivity index (χ1n) is 7.67. The van der Waals surface area contributed by atoms with Crippen molar-refractivity contribution in [1.82, 2.24) is 14.8 Å². The van der Waals surface area contributed by atoms with Crippen LogP contribution < -0.4 is 10.6 Å². The fourth-order valence-electron chi connectivity index (χ4n) is 2.18. The van der Waals surface area contributed by atoms with Gasteiger partial charge in [0.1, 0.15) is 5.82 Å². The van der Waals surface area contributed by atoms with Crippen LogP contribution in [0, 0.1) is 0 Å². The number of anilines is 1. The van der Waals surface area contributed by atoms with Crippen LogP contribution in [0.2, 0.25) is 0 Å². The van der Waals surface area contributed by atoms with Crippen LogP contribution in [-0.2, 0) is 22.6 Å². The van der Waals surface area contributed by atoms with Gasteiger partial charge < -0.3 is 15.2 Å². The van der Waals surface area contributed by atoms with Crippen molar-refractivity contribution in [2.75, 3.05) is 17.7 Å². The van der Waals surface area contributed by atoms with Gasteiger partial charge in [-0.2, -0.15) is 0 Å². The van der Waals surface area contributed by atoms with Crippen molar-refractivity contribution in [2.24, 2.45) is 5.73 Å². The summed E-state index contributed by atoms with van der Waals surface area (Å²) in [5.41, 5.74) is 6.02. The summed E-state index contributed by atoms with van der Waals surface area (Å²) in [5, 5.41) is 8.89. The fraction of sp³-hybridized carbons (Fsp3) is 0.375. The van der Waals surface area contributed by atoms with Gasteiger partial charge in [0.2, 0.25) is 11.8 Å². The van der Waals surface area contributed by atoms with Crippen molar-refractivity contribution in [3.05, 3.63) is 36.2 Å². The Kier molecular flexibility index (Phi) is 6.36. The summed E-state index contributed by atoms with van der Waals surface area (Å²) in [7, 11) is 1.75. The standard InChI is InChI=1S/C16H21N5O2S/c1-3-21-14(10-9-13(17)22)18-19-16(21)24-11-15(23)20(2)12-7-5-4-6-8-12/h4-8H,3,9-11H2,1-2H3,(H2,17,22). The normalized spacial score (nSPS) is 10.6. The smallest absolute Gasteiger partial charge is 0.237 e. The molecule has 0 unspecified atom stereocenters. The number of hydrogen-bond acceptors (Lipinski definition) is 5. The van der Waals surface area contributed by atoms with Crippen LogP contribution in [0.15, 0.2) is 35.5 Å². The Balaban J connectivity index is 1.98. The van der Waals surface area contributed by atoms with Crippen LogP contribution in [0.25, 0.3) is 0 Å². The summed E-state index contributed by atoms with van der Waals surface area (Å²) in [6, 6.07) is 9.47. The van der Waals surface area contributed by atoms with Crippen LogP contribution in [0.5, 0.6) is 0 Å². The average molecular weight is 347 g/mol. The predicted octanol–water partition coefficient (Wildman–Crippen LogP) is 1.47. The van der Waals surface area contributed by atoms with Crippen LogP contribution in [0.1, 0.15) is 19.2 Å². The molecule has 24 heavy (non-hydrogen) atoms. The van der Waals surface area contributed by atoms with E-state index in [-0.39, 0.29) is 24.0 Å². The van der Waals surface area contributed by atoms with E-state index < -0.39 is 0 Å². The molecule has 0 spiro atoms. The molecule has 2 amide bonds. The zero-order valence-corrected chi connectivity index (χ0v) is 14.6. The lowest BCUT2D eigenvalue weighted by Crippen LogP contribution is -2.28. The van der Waals surface area contributed by atoms with Gasteiger partial charge in [-0.25, -0.2) is 0 Å². The van der Waals surface area contributed by atoms with Gasteiger partial charge >= 0.3 is 0 Å². The summed E-state index contributed by atoms with van der Waals surface area (Å²) in [6.45, 7) is 2.64. The molecule has 1 aromatic heterocycles. The summed E-state index contributed by atoms with van der Waals surface area (Å²) < 4.78 is 1.91. The highest BCUT2D eigenvalue weighted by Gasteiger charge is 2.16. The van der Waals surface area contributed by atoms with E-state index in [1.165, 1.54) is 11.8 Å². The van der Waals surface area contributed by atoms with Crippen molar-refractivity contribution < 1.29 is 9.59 Å². The molecule has 0 aliphatic rings. The second kappa shape index (κ2) is 8.49. The van der Waals surface area contributed by atoms with Gasteiger partial charge in [0, 0.05) is 32.1 Å². The molecule has 1 heterocycles. The highest BCUT2D eigenvalue weighted by molar-refractivity contribution is 7.99. The number of benzene rings is 1. The first-order valence-corrected chi connectivity index (χ1v) is 8.66. The molecule has 8 heteroatoms. The molecular formula is C16H21N5O2S. The number of nitrogens with zero attached hydrogens (tertiary/aromatic N) is 4. The van der Waals surface area contributed by atoms with Gasteiger partial charge in [-0.15, -0.1) is 10.2 Å². The minimum Gasteiger partial charge on any atom is -0.370 e. The van der Waals surface area contributed by atoms with Gasteiger partial charge in [-0.1, -0.05) is 30.0 Å². The molecule has 2 aromatic rings. The van der Waals surface area contributed by atoms with Crippen LogP contribution in [-0.4, -0.2) is 39.4 Å². The Morgan fingerprint density at radius 3 is 2.58 bits per heavy atom. The maximum absolute atomic E-state index is 12.3. The van der Waals surface area contributed by atoms with E-state index in [2.05, 4.69) is 10.2 Å².